The van der Waals surface area contributed by atoms with Gasteiger partial charge in [0.2, 0.25) is 0 Å². The number of rotatable bonds is 7. The lowest BCUT2D eigenvalue weighted by molar-refractivity contribution is 0.288. The van der Waals surface area contributed by atoms with Crippen molar-refractivity contribution in [3.8, 4) is 0 Å². The summed E-state index contributed by atoms with van der Waals surface area (Å²) in [6.07, 6.45) is 0. The molecule has 21 heavy (non-hydrogen) atoms. The summed E-state index contributed by atoms with van der Waals surface area (Å²) in [5, 5.41) is 15.8. The maximum atomic E-state index is 8.67. The lowest BCUT2D eigenvalue weighted by Crippen LogP contribution is -2.41. The molecule has 4 N–H and O–H groups in total. The molecule has 0 aliphatic heterocycles. The van der Waals surface area contributed by atoms with E-state index in [-0.39, 0.29) is 5.84 Å². The molecular weight excluding hydrogens is 288 g/mol. The molecule has 1 unspecified atom stereocenters. The minimum absolute atomic E-state index is 0.0593. The monoisotopic (exact) mass is 312 g/mol. The smallest absolute Gasteiger partial charge is 0.170 e. The van der Waals surface area contributed by atoms with Crippen LogP contribution in [-0.2, 0) is 6.54 Å². The Morgan fingerprint density at radius 3 is 2.57 bits per heavy atom. The van der Waals surface area contributed by atoms with E-state index in [0.29, 0.717) is 29.1 Å². The first-order chi connectivity index (χ1) is 9.85. The average Bonchev–Trinajstić information content (AvgIpc) is 2.42. The van der Waals surface area contributed by atoms with E-state index in [1.165, 1.54) is 0 Å². The number of benzene rings is 1. The first-order valence-corrected chi connectivity index (χ1v) is 7.37. The average molecular weight is 313 g/mol. The Balaban J connectivity index is 2.74. The first kappa shape index (κ1) is 17.8. The fraction of sp³-hybridized carbons (Fsp3) is 0.533. The number of nitrogens with zero attached hydrogens (tertiary/aromatic N) is 2. The van der Waals surface area contributed by atoms with Crippen molar-refractivity contribution in [2.75, 3.05) is 20.6 Å². The van der Waals surface area contributed by atoms with Crippen LogP contribution in [-0.4, -0.2) is 42.6 Å². The Kier molecular flexibility index (Phi) is 6.95. The number of halogens is 1. The molecular formula is C15H25ClN4O. The van der Waals surface area contributed by atoms with Gasteiger partial charge in [0.15, 0.2) is 5.84 Å². The molecule has 0 saturated heterocycles. The molecule has 0 spiro atoms. The Labute approximate surface area is 131 Å². The Morgan fingerprint density at radius 1 is 1.43 bits per heavy atom. The quantitative estimate of drug-likeness (QED) is 0.312. The summed E-state index contributed by atoms with van der Waals surface area (Å²) in [5.74, 6) is 0.590. The normalized spacial score (nSPS) is 14.0. The van der Waals surface area contributed by atoms with E-state index in [1.54, 1.807) is 12.1 Å². The number of oxime groups is 1. The Hall–Kier alpha value is -1.30. The van der Waals surface area contributed by atoms with Crippen molar-refractivity contribution in [2.24, 2.45) is 16.8 Å². The predicted molar refractivity (Wildman–Crippen MR) is 88.0 cm³/mol. The van der Waals surface area contributed by atoms with Gasteiger partial charge in [-0.05, 0) is 31.6 Å². The second-order valence-corrected chi connectivity index (χ2v) is 6.19. The third-order valence-electron chi connectivity index (χ3n) is 3.38. The second kappa shape index (κ2) is 8.22. The van der Waals surface area contributed by atoms with Crippen LogP contribution < -0.4 is 11.1 Å². The molecule has 0 saturated carbocycles. The van der Waals surface area contributed by atoms with Crippen LogP contribution in [0.1, 0.15) is 25.0 Å². The highest BCUT2D eigenvalue weighted by atomic mass is 35.5. The minimum atomic E-state index is 0.0593. The minimum Gasteiger partial charge on any atom is -0.409 e. The zero-order valence-corrected chi connectivity index (χ0v) is 13.9. The number of hydrogen-bond acceptors (Lipinski definition) is 4. The van der Waals surface area contributed by atoms with Gasteiger partial charge in [-0.15, -0.1) is 0 Å². The van der Waals surface area contributed by atoms with E-state index in [9.17, 15) is 0 Å². The van der Waals surface area contributed by atoms with Crippen molar-refractivity contribution >= 4 is 17.4 Å². The van der Waals surface area contributed by atoms with Crippen LogP contribution in [0.25, 0.3) is 0 Å². The van der Waals surface area contributed by atoms with Crippen LogP contribution >= 0.6 is 11.6 Å². The molecule has 1 atom stereocenters. The molecule has 0 fully saturated rings. The molecule has 5 nitrogen and oxygen atoms in total. The second-order valence-electron chi connectivity index (χ2n) is 5.79. The van der Waals surface area contributed by atoms with E-state index in [2.05, 4.69) is 43.3 Å². The van der Waals surface area contributed by atoms with E-state index < -0.39 is 0 Å². The largest absolute Gasteiger partial charge is 0.409 e. The van der Waals surface area contributed by atoms with Gasteiger partial charge in [-0.2, -0.15) is 0 Å². The highest BCUT2D eigenvalue weighted by molar-refractivity contribution is 6.31. The summed E-state index contributed by atoms with van der Waals surface area (Å²) in [7, 11) is 4.13. The van der Waals surface area contributed by atoms with Gasteiger partial charge in [0, 0.05) is 29.7 Å². The van der Waals surface area contributed by atoms with E-state index in [4.69, 9.17) is 22.5 Å². The van der Waals surface area contributed by atoms with E-state index in [1.807, 2.05) is 6.07 Å². The van der Waals surface area contributed by atoms with Crippen molar-refractivity contribution in [3.63, 3.8) is 0 Å². The van der Waals surface area contributed by atoms with Crippen molar-refractivity contribution < 1.29 is 5.21 Å². The molecule has 0 aliphatic rings. The lowest BCUT2D eigenvalue weighted by atomic mass is 10.0. The summed E-state index contributed by atoms with van der Waals surface area (Å²) in [6, 6.07) is 5.80. The van der Waals surface area contributed by atoms with Crippen molar-refractivity contribution in [1.82, 2.24) is 10.2 Å². The summed E-state index contributed by atoms with van der Waals surface area (Å²) in [6.45, 7) is 6.05. The van der Waals surface area contributed by atoms with Crippen LogP contribution in [0.3, 0.4) is 0 Å². The Morgan fingerprint density at radius 2 is 2.10 bits per heavy atom. The zero-order valence-electron chi connectivity index (χ0n) is 13.1. The van der Waals surface area contributed by atoms with Crippen LogP contribution in [0, 0.1) is 5.92 Å². The first-order valence-electron chi connectivity index (χ1n) is 6.99. The number of likely N-dealkylation sites (N-methyl/N-ethyl adjacent to an activating group) is 1. The Bertz CT molecular complexity index is 489. The van der Waals surface area contributed by atoms with Crippen LogP contribution in [0.2, 0.25) is 5.02 Å². The van der Waals surface area contributed by atoms with Gasteiger partial charge >= 0.3 is 0 Å². The molecule has 6 heteroatoms. The molecule has 0 radical (unpaired) electrons. The van der Waals surface area contributed by atoms with Crippen molar-refractivity contribution in [3.05, 3.63) is 34.3 Å². The fourth-order valence-corrected chi connectivity index (χ4v) is 2.30. The molecule has 0 amide bonds. The molecule has 1 aromatic rings. The van der Waals surface area contributed by atoms with E-state index in [0.717, 1.165) is 12.1 Å². The number of nitrogens with one attached hydrogen (secondary N) is 1. The lowest BCUT2D eigenvalue weighted by Gasteiger charge is -2.26. The van der Waals surface area contributed by atoms with Crippen molar-refractivity contribution in [1.29, 1.82) is 0 Å². The van der Waals surface area contributed by atoms with Crippen LogP contribution in [0.4, 0.5) is 0 Å². The molecule has 0 heterocycles. The maximum Gasteiger partial charge on any atom is 0.170 e. The van der Waals surface area contributed by atoms with Crippen LogP contribution in [0.5, 0.6) is 0 Å². The topological polar surface area (TPSA) is 73.9 Å². The zero-order chi connectivity index (χ0) is 16.0. The summed E-state index contributed by atoms with van der Waals surface area (Å²) < 4.78 is 0. The summed E-state index contributed by atoms with van der Waals surface area (Å²) in [4.78, 5) is 2.17. The SMILES string of the molecule is CC(C)C(CN(C)C)NCc1ccc(/C(N)=N/O)cc1Cl. The third kappa shape index (κ3) is 5.53. The van der Waals surface area contributed by atoms with E-state index >= 15 is 0 Å². The molecule has 0 bridgehead atoms. The van der Waals surface area contributed by atoms with Gasteiger partial charge in [0.1, 0.15) is 0 Å². The standard InChI is InChI=1S/C15H25ClN4O/c1-10(2)14(9-20(3)4)18-8-12-6-5-11(7-13(12)16)15(17)19-21/h5-7,10,14,18,21H,8-9H2,1-4H3,(H2,17,19). The highest BCUT2D eigenvalue weighted by Crippen LogP contribution is 2.18. The number of amidine groups is 1. The number of hydrogen-bond donors (Lipinski definition) is 3. The maximum absolute atomic E-state index is 8.67. The number of nitrogens with two attached hydrogens (primary N) is 1. The summed E-state index contributed by atoms with van der Waals surface area (Å²) >= 11 is 6.26. The van der Waals surface area contributed by atoms with Gasteiger partial charge < -0.3 is 21.2 Å². The van der Waals surface area contributed by atoms with Gasteiger partial charge in [-0.3, -0.25) is 0 Å². The van der Waals surface area contributed by atoms with Gasteiger partial charge in [-0.25, -0.2) is 0 Å². The fourth-order valence-electron chi connectivity index (χ4n) is 2.05. The van der Waals surface area contributed by atoms with Gasteiger partial charge in [0.05, 0.1) is 0 Å². The third-order valence-corrected chi connectivity index (χ3v) is 3.73. The molecule has 1 aromatic carbocycles. The molecule has 0 aliphatic carbocycles. The van der Waals surface area contributed by atoms with Crippen molar-refractivity contribution in [2.45, 2.75) is 26.4 Å². The molecule has 118 valence electrons. The molecule has 0 aromatic heterocycles. The predicted octanol–water partition coefficient (Wildman–Crippen LogP) is 2.11. The molecule has 1 rings (SSSR count). The highest BCUT2D eigenvalue weighted by Gasteiger charge is 2.14. The van der Waals surface area contributed by atoms with Gasteiger partial charge in [0.25, 0.3) is 0 Å². The summed E-state index contributed by atoms with van der Waals surface area (Å²) in [5.41, 5.74) is 7.16. The van der Waals surface area contributed by atoms with Crippen LogP contribution in [0.15, 0.2) is 23.4 Å². The van der Waals surface area contributed by atoms with Gasteiger partial charge in [-0.1, -0.05) is 42.7 Å².